The van der Waals surface area contributed by atoms with Gasteiger partial charge in [-0.1, -0.05) is 23.7 Å². The third kappa shape index (κ3) is 3.11. The van der Waals surface area contributed by atoms with E-state index in [1.54, 1.807) is 12.1 Å². The average Bonchev–Trinajstić information content (AvgIpc) is 2.79. The van der Waals surface area contributed by atoms with E-state index in [0.717, 1.165) is 21.5 Å². The maximum Gasteiger partial charge on any atom is 0.335 e. The molecule has 0 radical (unpaired) electrons. The first-order valence-corrected chi connectivity index (χ1v) is 6.70. The lowest BCUT2D eigenvalue weighted by Gasteiger charge is -2.07. The summed E-state index contributed by atoms with van der Waals surface area (Å²) in [5.41, 5.74) is 2.28. The molecule has 1 aromatic heterocycles. The van der Waals surface area contributed by atoms with Crippen LogP contribution >= 0.6 is 11.6 Å². The van der Waals surface area contributed by atoms with E-state index in [4.69, 9.17) is 16.7 Å². The molecule has 1 heterocycles. The number of aromatic carboxylic acids is 1. The van der Waals surface area contributed by atoms with Crippen LogP contribution in [0.3, 0.4) is 0 Å². The van der Waals surface area contributed by atoms with Gasteiger partial charge in [0.1, 0.15) is 0 Å². The second-order valence-electron chi connectivity index (χ2n) is 4.62. The van der Waals surface area contributed by atoms with Crippen LogP contribution in [0.1, 0.15) is 24.2 Å². The van der Waals surface area contributed by atoms with Crippen LogP contribution in [0.4, 0.5) is 0 Å². The summed E-state index contributed by atoms with van der Waals surface area (Å²) in [7, 11) is 0. The summed E-state index contributed by atoms with van der Waals surface area (Å²) in [5.74, 6) is -0.914. The maximum absolute atomic E-state index is 11.1. The molecule has 0 saturated carbocycles. The lowest BCUT2D eigenvalue weighted by atomic mass is 10.1. The van der Waals surface area contributed by atoms with Crippen LogP contribution in [0, 0.1) is 0 Å². The van der Waals surface area contributed by atoms with Gasteiger partial charge in [-0.3, -0.25) is 0 Å². The Morgan fingerprint density at radius 1 is 1.40 bits per heavy atom. The van der Waals surface area contributed by atoms with E-state index < -0.39 is 5.97 Å². The zero-order valence-corrected chi connectivity index (χ0v) is 12.2. The molecule has 1 aromatic carbocycles. The zero-order valence-electron chi connectivity index (χ0n) is 11.4. The van der Waals surface area contributed by atoms with E-state index >= 15 is 0 Å². The number of benzene rings is 1. The molecule has 0 aliphatic carbocycles. The number of carboxylic acid groups (broad SMARTS) is 1. The summed E-state index contributed by atoms with van der Waals surface area (Å²) in [5, 5.41) is 10.8. The quantitative estimate of drug-likeness (QED) is 0.846. The first-order chi connectivity index (χ1) is 9.51. The van der Waals surface area contributed by atoms with Gasteiger partial charge in [-0.25, -0.2) is 4.79 Å². The van der Waals surface area contributed by atoms with Crippen molar-refractivity contribution in [2.75, 3.05) is 0 Å². The van der Waals surface area contributed by atoms with Crippen LogP contribution in [0.5, 0.6) is 0 Å². The zero-order chi connectivity index (χ0) is 14.7. The third-order valence-corrected chi connectivity index (χ3v) is 3.24. The van der Waals surface area contributed by atoms with Crippen LogP contribution in [0.15, 0.2) is 53.2 Å². The Labute approximate surface area is 122 Å². The second-order valence-corrected chi connectivity index (χ2v) is 5.21. The Morgan fingerprint density at radius 3 is 2.75 bits per heavy atom. The molecule has 0 spiro atoms. The van der Waals surface area contributed by atoms with Crippen LogP contribution in [0.2, 0.25) is 0 Å². The Balaban J connectivity index is 2.42. The van der Waals surface area contributed by atoms with Crippen molar-refractivity contribution in [1.29, 1.82) is 0 Å². The molecule has 3 nitrogen and oxygen atoms in total. The van der Waals surface area contributed by atoms with Gasteiger partial charge in [-0.2, -0.15) is 0 Å². The highest BCUT2D eigenvalue weighted by molar-refractivity contribution is 6.29. The van der Waals surface area contributed by atoms with Crippen molar-refractivity contribution in [3.63, 3.8) is 0 Å². The fourth-order valence-electron chi connectivity index (χ4n) is 2.13. The number of halogens is 1. The van der Waals surface area contributed by atoms with Crippen molar-refractivity contribution in [2.45, 2.75) is 20.4 Å². The number of nitrogens with zero attached hydrogens (tertiary/aromatic N) is 1. The van der Waals surface area contributed by atoms with Crippen LogP contribution < -0.4 is 0 Å². The minimum atomic E-state index is -0.914. The van der Waals surface area contributed by atoms with E-state index in [-0.39, 0.29) is 0 Å². The summed E-state index contributed by atoms with van der Waals surface area (Å²) >= 11 is 5.91. The van der Waals surface area contributed by atoms with Gasteiger partial charge in [0.05, 0.1) is 5.56 Å². The predicted molar refractivity (Wildman–Crippen MR) is 82.3 cm³/mol. The van der Waals surface area contributed by atoms with Crippen molar-refractivity contribution in [3.8, 4) is 0 Å². The molecule has 0 fully saturated rings. The van der Waals surface area contributed by atoms with Crippen molar-refractivity contribution < 1.29 is 9.90 Å². The Hall–Kier alpha value is -2.00. The highest BCUT2D eigenvalue weighted by atomic mass is 35.5. The number of hydrogen-bond donors (Lipinski definition) is 1. The van der Waals surface area contributed by atoms with Gasteiger partial charge in [0.25, 0.3) is 0 Å². The minimum Gasteiger partial charge on any atom is -0.478 e. The molecule has 0 aliphatic rings. The van der Waals surface area contributed by atoms with E-state index in [9.17, 15) is 4.79 Å². The van der Waals surface area contributed by atoms with Crippen LogP contribution in [-0.2, 0) is 6.54 Å². The number of aromatic nitrogens is 1. The van der Waals surface area contributed by atoms with Gasteiger partial charge in [0.15, 0.2) is 0 Å². The number of allylic oxidation sites excluding steroid dienone is 4. The molecule has 0 bridgehead atoms. The van der Waals surface area contributed by atoms with Gasteiger partial charge in [0, 0.05) is 23.3 Å². The fourth-order valence-corrected chi connectivity index (χ4v) is 2.27. The summed E-state index contributed by atoms with van der Waals surface area (Å²) in [6.07, 6.45) is 5.87. The molecule has 104 valence electrons. The molecular weight excluding hydrogens is 274 g/mol. The van der Waals surface area contributed by atoms with Crippen molar-refractivity contribution in [3.05, 3.63) is 58.8 Å². The summed E-state index contributed by atoms with van der Waals surface area (Å²) in [4.78, 5) is 11.1. The first-order valence-electron chi connectivity index (χ1n) is 6.32. The Kier molecular flexibility index (Phi) is 4.30. The SMILES string of the molecule is C/C=C(\C=C(/C)Cl)Cn1ccc2ccc(C(=O)O)cc21. The van der Waals surface area contributed by atoms with Gasteiger partial charge in [-0.05, 0) is 49.1 Å². The lowest BCUT2D eigenvalue weighted by Crippen LogP contribution is -2.00. The van der Waals surface area contributed by atoms with Gasteiger partial charge >= 0.3 is 5.97 Å². The highest BCUT2D eigenvalue weighted by Gasteiger charge is 2.07. The number of carbonyl (C=O) groups is 1. The van der Waals surface area contributed by atoms with Crippen molar-refractivity contribution >= 4 is 28.5 Å². The van der Waals surface area contributed by atoms with Gasteiger partial charge in [0.2, 0.25) is 0 Å². The molecule has 0 atom stereocenters. The van der Waals surface area contributed by atoms with Gasteiger partial charge in [-0.15, -0.1) is 0 Å². The molecule has 20 heavy (non-hydrogen) atoms. The smallest absolute Gasteiger partial charge is 0.335 e. The monoisotopic (exact) mass is 289 g/mol. The summed E-state index contributed by atoms with van der Waals surface area (Å²) in [6, 6.07) is 7.12. The van der Waals surface area contributed by atoms with E-state index in [1.807, 2.05) is 48.9 Å². The van der Waals surface area contributed by atoms with E-state index in [2.05, 4.69) is 0 Å². The third-order valence-electron chi connectivity index (χ3n) is 3.13. The predicted octanol–water partition coefficient (Wildman–Crippen LogP) is 4.43. The van der Waals surface area contributed by atoms with Crippen molar-refractivity contribution in [1.82, 2.24) is 4.57 Å². The normalized spacial score (nSPS) is 12.9. The number of fused-ring (bicyclic) bond motifs is 1. The second kappa shape index (κ2) is 5.97. The topological polar surface area (TPSA) is 42.2 Å². The first kappa shape index (κ1) is 14.4. The highest BCUT2D eigenvalue weighted by Crippen LogP contribution is 2.20. The van der Waals surface area contributed by atoms with Gasteiger partial charge < -0.3 is 9.67 Å². The van der Waals surface area contributed by atoms with Crippen LogP contribution in [0.25, 0.3) is 10.9 Å². The standard InChI is InChI=1S/C16H16ClNO2/c1-3-12(8-11(2)17)10-18-7-6-13-4-5-14(16(19)20)9-15(13)18/h3-9H,10H2,1-2H3,(H,19,20)/b11-8+,12-3+. The minimum absolute atomic E-state index is 0.295. The summed E-state index contributed by atoms with van der Waals surface area (Å²) < 4.78 is 2.02. The van der Waals surface area contributed by atoms with Crippen LogP contribution in [-0.4, -0.2) is 15.6 Å². The fraction of sp³-hybridized carbons (Fsp3) is 0.188. The summed E-state index contributed by atoms with van der Waals surface area (Å²) in [6.45, 7) is 4.45. The molecular formula is C16H16ClNO2. The Morgan fingerprint density at radius 2 is 2.15 bits per heavy atom. The van der Waals surface area contributed by atoms with E-state index in [1.165, 1.54) is 0 Å². The average molecular weight is 290 g/mol. The maximum atomic E-state index is 11.1. The molecule has 0 saturated heterocycles. The lowest BCUT2D eigenvalue weighted by molar-refractivity contribution is 0.0697. The van der Waals surface area contributed by atoms with Crippen molar-refractivity contribution in [2.24, 2.45) is 0 Å². The number of rotatable bonds is 4. The molecule has 0 aliphatic heterocycles. The molecule has 2 aromatic rings. The molecule has 0 unspecified atom stereocenters. The Bertz CT molecular complexity index is 706. The number of hydrogen-bond acceptors (Lipinski definition) is 1. The number of carboxylic acids is 1. The molecule has 0 amide bonds. The van der Waals surface area contributed by atoms with E-state index in [0.29, 0.717) is 12.1 Å². The molecule has 4 heteroatoms. The molecule has 2 rings (SSSR count). The molecule has 1 N–H and O–H groups in total. The largest absolute Gasteiger partial charge is 0.478 e.